The predicted octanol–water partition coefficient (Wildman–Crippen LogP) is 3.74. The lowest BCUT2D eigenvalue weighted by Crippen LogP contribution is -2.16. The maximum Gasteiger partial charge on any atom is 0.313 e. The second-order valence-corrected chi connectivity index (χ2v) is 4.78. The minimum absolute atomic E-state index is 0.251. The van der Waals surface area contributed by atoms with Crippen molar-refractivity contribution < 1.29 is 18.7 Å². The van der Waals surface area contributed by atoms with E-state index in [9.17, 15) is 9.59 Å². The topological polar surface area (TPSA) is 56.5 Å². The first kappa shape index (κ1) is 14.8. The van der Waals surface area contributed by atoms with E-state index in [0.29, 0.717) is 11.3 Å². The third kappa shape index (κ3) is 3.92. The smallest absolute Gasteiger partial charge is 0.313 e. The van der Waals surface area contributed by atoms with E-state index in [1.807, 2.05) is 0 Å². The van der Waals surface area contributed by atoms with E-state index in [1.54, 1.807) is 56.3 Å². The van der Waals surface area contributed by atoms with Crippen LogP contribution in [0.3, 0.4) is 0 Å². The molecule has 0 unspecified atom stereocenters. The van der Waals surface area contributed by atoms with Crippen molar-refractivity contribution in [3.8, 4) is 5.75 Å². The van der Waals surface area contributed by atoms with Gasteiger partial charge < -0.3 is 9.15 Å². The van der Waals surface area contributed by atoms with Crippen molar-refractivity contribution in [1.82, 2.24) is 0 Å². The number of carbonyl (C=O) groups excluding carboxylic acids is 2. The molecule has 21 heavy (non-hydrogen) atoms. The Kier molecular flexibility index (Phi) is 4.72. The van der Waals surface area contributed by atoms with Crippen molar-refractivity contribution in [2.75, 3.05) is 0 Å². The first-order valence-corrected chi connectivity index (χ1v) is 6.64. The molecule has 0 radical (unpaired) electrons. The first-order valence-electron chi connectivity index (χ1n) is 6.64. The fourth-order valence-corrected chi connectivity index (χ4v) is 1.62. The molecule has 0 aliphatic rings. The first-order chi connectivity index (χ1) is 10.1. The van der Waals surface area contributed by atoms with E-state index >= 15 is 0 Å². The Morgan fingerprint density at radius 2 is 1.90 bits per heavy atom. The molecule has 0 spiro atoms. The Bertz CT molecular complexity index is 651. The molecule has 1 heterocycles. The second-order valence-electron chi connectivity index (χ2n) is 4.78. The van der Waals surface area contributed by atoms with Crippen molar-refractivity contribution in [2.24, 2.45) is 5.92 Å². The van der Waals surface area contributed by atoms with Crippen molar-refractivity contribution in [2.45, 2.75) is 13.8 Å². The van der Waals surface area contributed by atoms with E-state index in [2.05, 4.69) is 0 Å². The van der Waals surface area contributed by atoms with Gasteiger partial charge in [0, 0.05) is 0 Å². The van der Waals surface area contributed by atoms with Gasteiger partial charge in [0.2, 0.25) is 0 Å². The molecule has 4 heteroatoms. The number of ether oxygens (including phenoxy) is 1. The fourth-order valence-electron chi connectivity index (χ4n) is 1.62. The number of allylic oxidation sites excluding steroid dienone is 1. The monoisotopic (exact) mass is 284 g/mol. The average Bonchev–Trinajstić information content (AvgIpc) is 2.98. The van der Waals surface area contributed by atoms with E-state index in [4.69, 9.17) is 9.15 Å². The van der Waals surface area contributed by atoms with Crippen molar-refractivity contribution >= 4 is 17.8 Å². The zero-order valence-electron chi connectivity index (χ0n) is 11.9. The maximum atomic E-state index is 12.2. The molecule has 0 bridgehead atoms. The molecule has 0 N–H and O–H groups in total. The minimum Gasteiger partial charge on any atom is -0.465 e. The highest BCUT2D eigenvalue weighted by atomic mass is 16.5. The van der Waals surface area contributed by atoms with E-state index in [0.717, 1.165) is 0 Å². The Morgan fingerprint density at radius 1 is 1.14 bits per heavy atom. The molecule has 4 nitrogen and oxygen atoms in total. The number of carbonyl (C=O) groups is 2. The molecular weight excluding hydrogens is 268 g/mol. The number of ketones is 1. The third-order valence-electron chi connectivity index (χ3n) is 2.78. The molecule has 1 aromatic carbocycles. The number of hydrogen-bond acceptors (Lipinski definition) is 4. The van der Waals surface area contributed by atoms with Crippen LogP contribution in [0.4, 0.5) is 0 Å². The van der Waals surface area contributed by atoms with E-state index < -0.39 is 0 Å². The summed E-state index contributed by atoms with van der Waals surface area (Å²) in [6.07, 6.45) is 4.49. The van der Waals surface area contributed by atoms with Crippen molar-refractivity contribution in [3.05, 3.63) is 60.1 Å². The Balaban J connectivity index is 2.19. The van der Waals surface area contributed by atoms with Gasteiger partial charge >= 0.3 is 5.97 Å². The molecule has 0 aliphatic heterocycles. The SMILES string of the molecule is CC(C)C(=O)Oc1ccccc1C(=O)/C=C/c1ccco1. The molecule has 0 saturated carbocycles. The highest BCUT2D eigenvalue weighted by molar-refractivity contribution is 6.08. The summed E-state index contributed by atoms with van der Waals surface area (Å²) in [4.78, 5) is 23.9. The van der Waals surface area contributed by atoms with Gasteiger partial charge in [0.1, 0.15) is 11.5 Å². The van der Waals surface area contributed by atoms with Crippen LogP contribution in [0, 0.1) is 5.92 Å². The normalized spacial score (nSPS) is 11.0. The van der Waals surface area contributed by atoms with Crippen molar-refractivity contribution in [1.29, 1.82) is 0 Å². The minimum atomic E-state index is -0.370. The molecule has 0 aliphatic carbocycles. The van der Waals surface area contributed by atoms with Crippen molar-refractivity contribution in [3.63, 3.8) is 0 Å². The largest absolute Gasteiger partial charge is 0.465 e. The molecule has 1 aromatic heterocycles. The molecule has 0 fully saturated rings. The molecule has 108 valence electrons. The summed E-state index contributed by atoms with van der Waals surface area (Å²) in [5.41, 5.74) is 0.342. The van der Waals surface area contributed by atoms with E-state index in [-0.39, 0.29) is 23.4 Å². The number of hydrogen-bond donors (Lipinski definition) is 0. The van der Waals surface area contributed by atoms with Crippen LogP contribution in [0.15, 0.2) is 53.2 Å². The molecule has 2 rings (SSSR count). The second kappa shape index (κ2) is 6.70. The standard InChI is InChI=1S/C17H16O4/c1-12(2)17(19)21-16-8-4-3-7-14(16)15(18)10-9-13-6-5-11-20-13/h3-12H,1-2H3/b10-9+. The van der Waals surface area contributed by atoms with Gasteiger partial charge in [-0.3, -0.25) is 9.59 Å². The zero-order chi connectivity index (χ0) is 15.2. The van der Waals surface area contributed by atoms with Crippen LogP contribution >= 0.6 is 0 Å². The summed E-state index contributed by atoms with van der Waals surface area (Å²) in [5.74, 6) is -0.0269. The third-order valence-corrected chi connectivity index (χ3v) is 2.78. The molecule has 2 aromatic rings. The number of esters is 1. The maximum absolute atomic E-state index is 12.2. The number of rotatable bonds is 5. The summed E-state index contributed by atoms with van der Waals surface area (Å²) >= 11 is 0. The highest BCUT2D eigenvalue weighted by Crippen LogP contribution is 2.20. The van der Waals surface area contributed by atoms with Crippen LogP contribution in [0.1, 0.15) is 30.0 Å². The number of para-hydroxylation sites is 1. The number of furan rings is 1. The quantitative estimate of drug-likeness (QED) is 0.363. The lowest BCUT2D eigenvalue weighted by Gasteiger charge is -2.09. The summed E-state index contributed by atoms with van der Waals surface area (Å²) in [6.45, 7) is 3.48. The van der Waals surface area contributed by atoms with Gasteiger partial charge in [-0.25, -0.2) is 0 Å². The van der Waals surface area contributed by atoms with Gasteiger partial charge in [-0.2, -0.15) is 0 Å². The lowest BCUT2D eigenvalue weighted by molar-refractivity contribution is -0.137. The summed E-state index contributed by atoms with van der Waals surface area (Å²) < 4.78 is 10.4. The summed E-state index contributed by atoms with van der Waals surface area (Å²) in [6, 6.07) is 10.2. The number of benzene rings is 1. The molecular formula is C17H16O4. The van der Waals surface area contributed by atoms with Crippen LogP contribution < -0.4 is 4.74 Å². The van der Waals surface area contributed by atoms with Crippen LogP contribution in [0.5, 0.6) is 5.75 Å². The van der Waals surface area contributed by atoms with Gasteiger partial charge in [0.15, 0.2) is 5.78 Å². The van der Waals surface area contributed by atoms with Gasteiger partial charge in [0.25, 0.3) is 0 Å². The van der Waals surface area contributed by atoms with Gasteiger partial charge in [0.05, 0.1) is 17.7 Å². The average molecular weight is 284 g/mol. The van der Waals surface area contributed by atoms with Crippen LogP contribution in [-0.4, -0.2) is 11.8 Å². The Morgan fingerprint density at radius 3 is 2.57 bits per heavy atom. The van der Waals surface area contributed by atoms with Crippen LogP contribution in [0.2, 0.25) is 0 Å². The molecule has 0 saturated heterocycles. The van der Waals surface area contributed by atoms with Crippen LogP contribution in [-0.2, 0) is 4.79 Å². The predicted molar refractivity (Wildman–Crippen MR) is 79.0 cm³/mol. The highest BCUT2D eigenvalue weighted by Gasteiger charge is 2.15. The van der Waals surface area contributed by atoms with Gasteiger partial charge in [-0.1, -0.05) is 26.0 Å². The summed E-state index contributed by atoms with van der Waals surface area (Å²) in [7, 11) is 0. The molecule has 0 amide bonds. The Hall–Kier alpha value is -2.62. The van der Waals surface area contributed by atoms with Gasteiger partial charge in [-0.05, 0) is 36.4 Å². The lowest BCUT2D eigenvalue weighted by atomic mass is 10.1. The summed E-state index contributed by atoms with van der Waals surface area (Å²) in [5, 5.41) is 0. The van der Waals surface area contributed by atoms with Gasteiger partial charge in [-0.15, -0.1) is 0 Å². The zero-order valence-corrected chi connectivity index (χ0v) is 11.9. The van der Waals surface area contributed by atoms with E-state index in [1.165, 1.54) is 12.3 Å². The molecule has 0 atom stereocenters. The Labute approximate surface area is 123 Å². The fraction of sp³-hybridized carbons (Fsp3) is 0.176. The van der Waals surface area contributed by atoms with Crippen LogP contribution in [0.25, 0.3) is 6.08 Å².